The third-order valence-corrected chi connectivity index (χ3v) is 6.82. The van der Waals surface area contributed by atoms with Crippen LogP contribution >= 0.6 is 11.6 Å². The molecule has 0 amide bonds. The van der Waals surface area contributed by atoms with E-state index < -0.39 is 39.4 Å². The minimum Gasteiger partial charge on any atom is -0.346 e. The van der Waals surface area contributed by atoms with Crippen LogP contribution in [-0.4, -0.2) is 44.9 Å². The number of fused-ring (bicyclic) bond motifs is 1. The summed E-state index contributed by atoms with van der Waals surface area (Å²) in [5.74, 6) is -2.99. The van der Waals surface area contributed by atoms with Crippen LogP contribution in [0.3, 0.4) is 0 Å². The van der Waals surface area contributed by atoms with Crippen molar-refractivity contribution in [2.24, 2.45) is 5.92 Å². The fourth-order valence-electron chi connectivity index (χ4n) is 3.88. The number of sulfone groups is 1. The number of nitrogens with one attached hydrogen (secondary N) is 1. The molecule has 0 aromatic heterocycles. The summed E-state index contributed by atoms with van der Waals surface area (Å²) in [7, 11) is -3.71. The Morgan fingerprint density at radius 1 is 1.17 bits per heavy atom. The maximum atomic E-state index is 13.0. The lowest BCUT2D eigenvalue weighted by Crippen LogP contribution is -2.35. The lowest BCUT2D eigenvalue weighted by molar-refractivity contribution is -0.133. The number of carbonyl (C=O) groups excluding carboxylic acids is 3. The van der Waals surface area contributed by atoms with Crippen LogP contribution in [0.15, 0.2) is 22.6 Å². The first kappa shape index (κ1) is 20.2. The largest absolute Gasteiger partial charge is 0.346 e. The van der Waals surface area contributed by atoms with Crippen molar-refractivity contribution in [1.82, 2.24) is 5.48 Å². The molecule has 1 aromatic rings. The number of hydroxylamine groups is 1. The zero-order valence-corrected chi connectivity index (χ0v) is 17.1. The number of rotatable bonds is 4. The highest BCUT2D eigenvalue weighted by molar-refractivity contribution is 7.90. The molecule has 2 heterocycles. The molecule has 154 valence electrons. The van der Waals surface area contributed by atoms with E-state index in [1.807, 2.05) is 0 Å². The number of ketones is 3. The van der Waals surface area contributed by atoms with Gasteiger partial charge >= 0.3 is 0 Å². The lowest BCUT2D eigenvalue weighted by atomic mass is 9.81. The van der Waals surface area contributed by atoms with Crippen LogP contribution < -0.4 is 5.48 Å². The van der Waals surface area contributed by atoms with Gasteiger partial charge in [0.05, 0.1) is 22.2 Å². The van der Waals surface area contributed by atoms with E-state index in [1.54, 1.807) is 0 Å². The summed E-state index contributed by atoms with van der Waals surface area (Å²) in [6, 6.07) is 2.52. The monoisotopic (exact) mass is 439 g/mol. The summed E-state index contributed by atoms with van der Waals surface area (Å²) in [5, 5.41) is -0.143. The van der Waals surface area contributed by atoms with Crippen molar-refractivity contribution in [2.75, 3.05) is 12.9 Å². The van der Waals surface area contributed by atoms with Gasteiger partial charge in [0.1, 0.15) is 5.92 Å². The summed E-state index contributed by atoms with van der Waals surface area (Å²) >= 11 is 6.52. The van der Waals surface area contributed by atoms with Gasteiger partial charge in [0.2, 0.25) is 6.29 Å². The molecule has 1 unspecified atom stereocenters. The van der Waals surface area contributed by atoms with Gasteiger partial charge in [0, 0.05) is 35.8 Å². The van der Waals surface area contributed by atoms with Gasteiger partial charge in [0.15, 0.2) is 27.2 Å². The number of hydrogen-bond acceptors (Lipinski definition) is 8. The van der Waals surface area contributed by atoms with Crippen LogP contribution in [0.25, 0.3) is 5.70 Å². The highest BCUT2D eigenvalue weighted by Gasteiger charge is 2.40. The maximum Gasteiger partial charge on any atom is 0.208 e. The van der Waals surface area contributed by atoms with Crippen molar-refractivity contribution in [3.63, 3.8) is 0 Å². The lowest BCUT2D eigenvalue weighted by Gasteiger charge is -2.20. The maximum absolute atomic E-state index is 13.0. The molecule has 2 fully saturated rings. The van der Waals surface area contributed by atoms with E-state index in [9.17, 15) is 22.8 Å². The molecule has 10 heteroatoms. The number of carbonyl (C=O) groups is 3. The van der Waals surface area contributed by atoms with E-state index in [0.717, 1.165) is 6.26 Å². The second-order valence-electron chi connectivity index (χ2n) is 7.23. The standard InChI is InChI=1S/C19H18ClNO7S/c1-29(25,26)13-6-5-9(18(24)14-11(22)3-2-4-12(14)23)16(20)15(13)17-10-7-8-27-19(10)28-21-17/h5-6,14,19,21H,2-4,7-8H2,1H3. The molecule has 0 bridgehead atoms. The Morgan fingerprint density at radius 2 is 1.86 bits per heavy atom. The minimum atomic E-state index is -3.71. The van der Waals surface area contributed by atoms with Gasteiger partial charge in [-0.3, -0.25) is 19.9 Å². The first-order valence-corrected chi connectivity index (χ1v) is 11.4. The number of halogens is 1. The van der Waals surface area contributed by atoms with Gasteiger partial charge in [0.25, 0.3) is 0 Å². The first-order chi connectivity index (χ1) is 13.7. The quantitative estimate of drug-likeness (QED) is 0.558. The molecule has 8 nitrogen and oxygen atoms in total. The Balaban J connectivity index is 1.88. The first-order valence-electron chi connectivity index (χ1n) is 9.09. The highest BCUT2D eigenvalue weighted by atomic mass is 35.5. The summed E-state index contributed by atoms with van der Waals surface area (Å²) in [5.41, 5.74) is 3.68. The predicted octanol–water partition coefficient (Wildman–Crippen LogP) is 1.86. The molecule has 0 radical (unpaired) electrons. The van der Waals surface area contributed by atoms with E-state index in [1.165, 1.54) is 12.1 Å². The van der Waals surface area contributed by atoms with Gasteiger partial charge in [-0.05, 0) is 25.0 Å². The van der Waals surface area contributed by atoms with Gasteiger partial charge in [-0.2, -0.15) is 0 Å². The Kier molecular flexibility index (Phi) is 5.10. The normalized spacial score (nSPS) is 22.8. The number of hydrogen-bond donors (Lipinski definition) is 1. The van der Waals surface area contributed by atoms with Crippen molar-refractivity contribution in [2.45, 2.75) is 36.9 Å². The van der Waals surface area contributed by atoms with Gasteiger partial charge in [-0.1, -0.05) is 11.6 Å². The molecule has 4 rings (SSSR count). The van der Waals surface area contributed by atoms with Crippen LogP contribution in [0.1, 0.15) is 41.6 Å². The fourth-order valence-corrected chi connectivity index (χ4v) is 5.17. The van der Waals surface area contributed by atoms with Crippen LogP contribution in [0, 0.1) is 5.92 Å². The summed E-state index contributed by atoms with van der Waals surface area (Å²) in [6.07, 6.45) is 1.60. The molecule has 29 heavy (non-hydrogen) atoms. The second-order valence-corrected chi connectivity index (χ2v) is 9.59. The third-order valence-electron chi connectivity index (χ3n) is 5.29. The van der Waals surface area contributed by atoms with E-state index in [2.05, 4.69) is 5.48 Å². The van der Waals surface area contributed by atoms with Crippen LogP contribution in [-0.2, 0) is 29.0 Å². The molecule has 1 N–H and O–H groups in total. The molecule has 1 aromatic carbocycles. The van der Waals surface area contributed by atoms with E-state index in [4.69, 9.17) is 21.2 Å². The summed E-state index contributed by atoms with van der Waals surface area (Å²) < 4.78 is 30.1. The van der Waals surface area contributed by atoms with Crippen molar-refractivity contribution >= 4 is 44.5 Å². The molecule has 1 aliphatic carbocycles. The Morgan fingerprint density at radius 3 is 2.52 bits per heavy atom. The number of Topliss-reactive ketones (excluding diaryl/α,β-unsaturated/α-hetero) is 3. The van der Waals surface area contributed by atoms with Crippen molar-refractivity contribution in [3.05, 3.63) is 33.9 Å². The van der Waals surface area contributed by atoms with Gasteiger partial charge in [-0.15, -0.1) is 0 Å². The Bertz CT molecular complexity index is 1060. The molecule has 1 saturated carbocycles. The average Bonchev–Trinajstić information content (AvgIpc) is 3.24. The molecular formula is C19H18ClNO7S. The van der Waals surface area contributed by atoms with Crippen LogP contribution in [0.5, 0.6) is 0 Å². The van der Waals surface area contributed by atoms with E-state index in [-0.39, 0.29) is 33.9 Å². The van der Waals surface area contributed by atoms with Crippen molar-refractivity contribution < 1.29 is 32.4 Å². The highest BCUT2D eigenvalue weighted by Crippen LogP contribution is 2.40. The molecule has 1 atom stereocenters. The third kappa shape index (κ3) is 3.42. The topological polar surface area (TPSA) is 116 Å². The minimum absolute atomic E-state index is 0.0695. The smallest absolute Gasteiger partial charge is 0.208 e. The predicted molar refractivity (Wildman–Crippen MR) is 102 cm³/mol. The molecule has 3 aliphatic rings. The van der Waals surface area contributed by atoms with Gasteiger partial charge < -0.3 is 4.74 Å². The van der Waals surface area contributed by atoms with Crippen LogP contribution in [0.2, 0.25) is 5.02 Å². The summed E-state index contributed by atoms with van der Waals surface area (Å²) in [4.78, 5) is 42.7. The number of ether oxygens (including phenoxy) is 1. The van der Waals surface area contributed by atoms with E-state index in [0.29, 0.717) is 30.7 Å². The van der Waals surface area contributed by atoms with Crippen molar-refractivity contribution in [3.8, 4) is 0 Å². The fraction of sp³-hybridized carbons (Fsp3) is 0.421. The summed E-state index contributed by atoms with van der Waals surface area (Å²) in [6.45, 7) is 0.403. The Labute approximate surface area is 172 Å². The van der Waals surface area contributed by atoms with E-state index >= 15 is 0 Å². The average molecular weight is 440 g/mol. The zero-order valence-electron chi connectivity index (χ0n) is 15.5. The molecular weight excluding hydrogens is 422 g/mol. The Hall–Kier alpha value is -2.07. The number of benzene rings is 1. The molecule has 1 saturated heterocycles. The van der Waals surface area contributed by atoms with Crippen molar-refractivity contribution in [1.29, 1.82) is 0 Å². The SMILES string of the molecule is CS(=O)(=O)c1ccc(C(=O)C2C(=O)CCCC2=O)c(Cl)c1C1=C2CCOC2ON1. The van der Waals surface area contributed by atoms with Gasteiger partial charge in [-0.25, -0.2) is 13.3 Å². The van der Waals surface area contributed by atoms with Crippen LogP contribution in [0.4, 0.5) is 0 Å². The second kappa shape index (κ2) is 7.32. The molecule has 2 aliphatic heterocycles. The zero-order chi connectivity index (χ0) is 20.9. The molecule has 0 spiro atoms.